The third kappa shape index (κ3) is 7.15. The van der Waals surface area contributed by atoms with Crippen molar-refractivity contribution in [1.82, 2.24) is 15.3 Å². The highest BCUT2D eigenvalue weighted by Crippen LogP contribution is 2.25. The molecule has 0 fully saturated rings. The molecule has 0 atom stereocenters. The van der Waals surface area contributed by atoms with Crippen LogP contribution < -0.4 is 15.8 Å². The Bertz CT molecular complexity index is 729. The van der Waals surface area contributed by atoms with Crippen molar-refractivity contribution in [1.29, 1.82) is 0 Å². The molecule has 0 unspecified atom stereocenters. The summed E-state index contributed by atoms with van der Waals surface area (Å²) in [6.07, 6.45) is 3.64. The van der Waals surface area contributed by atoms with Gasteiger partial charge in [0.15, 0.2) is 0 Å². The fourth-order valence-electron chi connectivity index (χ4n) is 2.05. The monoisotopic (exact) mass is 373 g/mol. The first-order valence-corrected chi connectivity index (χ1v) is 8.89. The van der Waals surface area contributed by atoms with Crippen molar-refractivity contribution in [2.45, 2.75) is 26.7 Å². The van der Waals surface area contributed by atoms with Crippen LogP contribution in [0.4, 0.5) is 4.39 Å². The smallest absolute Gasteiger partial charge is 0.316 e. The molecule has 1 aromatic heterocycles. The van der Waals surface area contributed by atoms with Crippen molar-refractivity contribution in [3.8, 4) is 6.01 Å². The van der Waals surface area contributed by atoms with Crippen LogP contribution in [0.1, 0.15) is 37.9 Å². The first kappa shape index (κ1) is 22.2. The highest BCUT2D eigenvalue weighted by molar-refractivity contribution is 5.89. The summed E-state index contributed by atoms with van der Waals surface area (Å²) < 4.78 is 18.2. The van der Waals surface area contributed by atoms with E-state index in [4.69, 9.17) is 10.5 Å². The topological polar surface area (TPSA) is 85.4 Å². The van der Waals surface area contributed by atoms with Gasteiger partial charge in [-0.2, -0.15) is 4.98 Å². The third-order valence-corrected chi connectivity index (χ3v) is 3.43. The Morgan fingerprint density at radius 1 is 1.22 bits per heavy atom. The Morgan fingerprint density at radius 2 is 1.89 bits per heavy atom. The Balaban J connectivity index is 0.000000828. The maximum Gasteiger partial charge on any atom is 0.316 e. The molecule has 0 saturated heterocycles. The largest absolute Gasteiger partial charge is 0.467 e. The molecule has 0 aliphatic heterocycles. The maximum atomic E-state index is 13.2. The zero-order valence-corrected chi connectivity index (χ0v) is 16.2. The van der Waals surface area contributed by atoms with Crippen LogP contribution in [0.5, 0.6) is 6.01 Å². The molecule has 6 nitrogen and oxygen atoms in total. The summed E-state index contributed by atoms with van der Waals surface area (Å²) in [6, 6.07) is 8.11. The van der Waals surface area contributed by atoms with Crippen molar-refractivity contribution in [3.05, 3.63) is 53.6 Å². The van der Waals surface area contributed by atoms with Gasteiger partial charge in [0, 0.05) is 18.3 Å². The van der Waals surface area contributed by atoms with E-state index in [1.807, 2.05) is 0 Å². The lowest BCUT2D eigenvalue weighted by molar-refractivity contribution is 0.379. The van der Waals surface area contributed by atoms with Gasteiger partial charge in [0.2, 0.25) is 0 Å². The highest BCUT2D eigenvalue weighted by atomic mass is 19.1. The number of rotatable bonds is 8. The quantitative estimate of drug-likeness (QED) is 0.692. The van der Waals surface area contributed by atoms with Crippen LogP contribution in [0.25, 0.3) is 11.4 Å². The standard InChI is InChI=1S/C17H19FN4O.C3H9N/c1-4-10-20-16(14-9-11-21-17(22-14)23-3)15(19-2)12-5-7-13(18)8-6-12;1-2-3-4/h5-9,11,20H,2,4,10H2,1,3H3;2-4H2,1H3/b16-15-;. The van der Waals surface area contributed by atoms with Gasteiger partial charge in [0.05, 0.1) is 24.2 Å². The Morgan fingerprint density at radius 3 is 2.41 bits per heavy atom. The molecule has 3 N–H and O–H groups in total. The fourth-order valence-corrected chi connectivity index (χ4v) is 2.05. The molecule has 1 heterocycles. The van der Waals surface area contributed by atoms with Crippen LogP contribution >= 0.6 is 0 Å². The second kappa shape index (κ2) is 12.5. The lowest BCUT2D eigenvalue weighted by atomic mass is 10.1. The first-order valence-electron chi connectivity index (χ1n) is 8.89. The van der Waals surface area contributed by atoms with E-state index in [-0.39, 0.29) is 11.8 Å². The van der Waals surface area contributed by atoms with E-state index in [9.17, 15) is 4.39 Å². The number of halogens is 1. The Labute approximate surface area is 160 Å². The van der Waals surface area contributed by atoms with Gasteiger partial charge in [0.25, 0.3) is 0 Å². The number of hydrogen-bond donors (Lipinski definition) is 2. The summed E-state index contributed by atoms with van der Waals surface area (Å²) in [5.74, 6) is -0.302. The molecule has 0 saturated carbocycles. The number of aromatic nitrogens is 2. The lowest BCUT2D eigenvalue weighted by Crippen LogP contribution is -2.16. The molecule has 0 aliphatic carbocycles. The molecule has 0 bridgehead atoms. The molecule has 7 heteroatoms. The number of methoxy groups -OCH3 is 1. The van der Waals surface area contributed by atoms with Crippen LogP contribution in [0.15, 0.2) is 41.5 Å². The number of aliphatic imine (C=N–C) groups is 1. The number of nitrogens with two attached hydrogens (primary N) is 1. The van der Waals surface area contributed by atoms with E-state index in [2.05, 4.69) is 40.8 Å². The molecule has 2 rings (SSSR count). The van der Waals surface area contributed by atoms with Crippen LogP contribution in [0, 0.1) is 5.82 Å². The molecule has 0 spiro atoms. The van der Waals surface area contributed by atoms with Crippen molar-refractivity contribution < 1.29 is 9.13 Å². The van der Waals surface area contributed by atoms with E-state index < -0.39 is 0 Å². The molecule has 1 aromatic carbocycles. The summed E-state index contributed by atoms with van der Waals surface area (Å²) in [5.41, 5.74) is 7.71. The number of hydrogen-bond acceptors (Lipinski definition) is 6. The Hall–Kier alpha value is -2.80. The SMILES string of the molecule is C=N/C(=C(\NCCC)c1ccnc(OC)n1)c1ccc(F)cc1.CCCN. The average Bonchev–Trinajstić information content (AvgIpc) is 2.72. The van der Waals surface area contributed by atoms with Gasteiger partial charge in [-0.3, -0.25) is 4.99 Å². The number of nitrogens with zero attached hydrogens (tertiary/aromatic N) is 3. The summed E-state index contributed by atoms with van der Waals surface area (Å²) in [4.78, 5) is 12.5. The minimum Gasteiger partial charge on any atom is -0.467 e. The van der Waals surface area contributed by atoms with E-state index in [0.29, 0.717) is 17.1 Å². The molecule has 146 valence electrons. The minimum absolute atomic E-state index is 0.265. The van der Waals surface area contributed by atoms with Gasteiger partial charge in [-0.15, -0.1) is 0 Å². The van der Waals surface area contributed by atoms with Gasteiger partial charge in [-0.25, -0.2) is 9.37 Å². The van der Waals surface area contributed by atoms with Gasteiger partial charge < -0.3 is 15.8 Å². The lowest BCUT2D eigenvalue weighted by Gasteiger charge is -2.14. The van der Waals surface area contributed by atoms with Crippen molar-refractivity contribution in [2.24, 2.45) is 10.7 Å². The Kier molecular flexibility index (Phi) is 10.3. The molecule has 2 aromatic rings. The molecule has 0 amide bonds. The van der Waals surface area contributed by atoms with Gasteiger partial charge in [-0.05, 0) is 56.4 Å². The normalized spacial score (nSPS) is 11.0. The van der Waals surface area contributed by atoms with Crippen LogP contribution in [-0.2, 0) is 0 Å². The average molecular weight is 373 g/mol. The molecule has 27 heavy (non-hydrogen) atoms. The van der Waals surface area contributed by atoms with E-state index in [0.717, 1.165) is 31.5 Å². The van der Waals surface area contributed by atoms with Crippen molar-refractivity contribution >= 4 is 18.1 Å². The fraction of sp³-hybridized carbons (Fsp3) is 0.350. The predicted molar refractivity (Wildman–Crippen MR) is 109 cm³/mol. The zero-order chi connectivity index (χ0) is 20.1. The summed E-state index contributed by atoms with van der Waals surface area (Å²) >= 11 is 0. The second-order valence-corrected chi connectivity index (χ2v) is 5.53. The van der Waals surface area contributed by atoms with Crippen LogP contribution in [0.2, 0.25) is 0 Å². The van der Waals surface area contributed by atoms with Crippen LogP contribution in [0.3, 0.4) is 0 Å². The molecule has 0 aliphatic rings. The third-order valence-electron chi connectivity index (χ3n) is 3.43. The van der Waals surface area contributed by atoms with Gasteiger partial charge in [0.1, 0.15) is 5.82 Å². The number of benzene rings is 1. The first-order chi connectivity index (χ1) is 13.1. The van der Waals surface area contributed by atoms with Gasteiger partial charge in [-0.1, -0.05) is 13.8 Å². The molecular formula is C20H28FN5O. The summed E-state index contributed by atoms with van der Waals surface area (Å²) in [6.45, 7) is 9.31. The number of ether oxygens (including phenoxy) is 1. The van der Waals surface area contributed by atoms with Crippen LogP contribution in [-0.4, -0.2) is 36.9 Å². The minimum atomic E-state index is -0.302. The zero-order valence-electron chi connectivity index (χ0n) is 16.2. The van der Waals surface area contributed by atoms with E-state index >= 15 is 0 Å². The van der Waals surface area contributed by atoms with Crippen molar-refractivity contribution in [3.63, 3.8) is 0 Å². The highest BCUT2D eigenvalue weighted by Gasteiger charge is 2.13. The summed E-state index contributed by atoms with van der Waals surface area (Å²) in [7, 11) is 1.51. The summed E-state index contributed by atoms with van der Waals surface area (Å²) in [5, 5.41) is 3.31. The molecule has 0 radical (unpaired) electrons. The number of nitrogens with one attached hydrogen (secondary N) is 1. The van der Waals surface area contributed by atoms with Crippen molar-refractivity contribution in [2.75, 3.05) is 20.2 Å². The molecular weight excluding hydrogens is 345 g/mol. The van der Waals surface area contributed by atoms with E-state index in [1.165, 1.54) is 19.2 Å². The van der Waals surface area contributed by atoms with Gasteiger partial charge >= 0.3 is 6.01 Å². The maximum absolute atomic E-state index is 13.2. The van der Waals surface area contributed by atoms with E-state index in [1.54, 1.807) is 24.4 Å². The predicted octanol–water partition coefficient (Wildman–Crippen LogP) is 3.51. The second-order valence-electron chi connectivity index (χ2n) is 5.53.